The fraction of sp³-hybridized carbons (Fsp3) is 0.833. The summed E-state index contributed by atoms with van der Waals surface area (Å²) >= 11 is 0. The molecular weight excluding hydrogens is 326 g/mol. The average molecular weight is 341 g/mol. The molecule has 1 aliphatic heterocycles. The predicted octanol–water partition coefficient (Wildman–Crippen LogP) is 0.789. The van der Waals surface area contributed by atoms with Gasteiger partial charge in [-0.3, -0.25) is 4.79 Å². The fourth-order valence-corrected chi connectivity index (χ4v) is 3.24. The van der Waals surface area contributed by atoms with Crippen molar-refractivity contribution in [2.45, 2.75) is 44.5 Å². The molecule has 0 spiro atoms. The van der Waals surface area contributed by atoms with Gasteiger partial charge in [-0.05, 0) is 19.8 Å². The Morgan fingerprint density at radius 2 is 1.91 bits per heavy atom. The number of halogens is 2. The number of hydrogen-bond acceptors (Lipinski definition) is 7. The van der Waals surface area contributed by atoms with Crippen molar-refractivity contribution in [1.29, 1.82) is 0 Å². The SMILES string of the molecule is CC12CCC(C(=O)OCC(F)(F)S(=O)(=O)[O-])(OC1=O)C2(C)C. The maximum absolute atomic E-state index is 13.1. The van der Waals surface area contributed by atoms with Gasteiger partial charge in [-0.1, -0.05) is 13.8 Å². The number of hydrogen-bond donors (Lipinski definition) is 0. The lowest BCUT2D eigenvalue weighted by Crippen LogP contribution is -2.50. The van der Waals surface area contributed by atoms with Crippen LogP contribution in [0.25, 0.3) is 0 Å². The largest absolute Gasteiger partial charge is 0.743 e. The van der Waals surface area contributed by atoms with Crippen LogP contribution in [0.4, 0.5) is 8.78 Å². The van der Waals surface area contributed by atoms with Crippen LogP contribution in [-0.4, -0.2) is 42.4 Å². The number of alkyl halides is 2. The third-order valence-corrected chi connectivity index (χ3v) is 6.00. The van der Waals surface area contributed by atoms with Crippen molar-refractivity contribution in [2.24, 2.45) is 10.8 Å². The van der Waals surface area contributed by atoms with Crippen LogP contribution in [0.3, 0.4) is 0 Å². The van der Waals surface area contributed by atoms with E-state index in [-0.39, 0.29) is 6.42 Å². The second kappa shape index (κ2) is 4.38. The summed E-state index contributed by atoms with van der Waals surface area (Å²) < 4.78 is 66.7. The summed E-state index contributed by atoms with van der Waals surface area (Å²) in [5, 5.41) is -4.74. The number of ether oxygens (including phenoxy) is 2. The normalized spacial score (nSPS) is 33.6. The van der Waals surface area contributed by atoms with Crippen molar-refractivity contribution in [3.8, 4) is 0 Å². The monoisotopic (exact) mass is 341 g/mol. The molecule has 0 amide bonds. The van der Waals surface area contributed by atoms with E-state index in [0.29, 0.717) is 6.42 Å². The number of esters is 2. The van der Waals surface area contributed by atoms with Gasteiger partial charge in [-0.25, -0.2) is 13.2 Å². The molecule has 22 heavy (non-hydrogen) atoms. The molecular formula is C12H15F2O7S-. The Balaban J connectivity index is 2.23. The van der Waals surface area contributed by atoms with E-state index in [9.17, 15) is 31.3 Å². The summed E-state index contributed by atoms with van der Waals surface area (Å²) in [6, 6.07) is 0. The van der Waals surface area contributed by atoms with Crippen molar-refractivity contribution in [3.05, 3.63) is 0 Å². The van der Waals surface area contributed by atoms with Crippen molar-refractivity contribution in [2.75, 3.05) is 6.61 Å². The van der Waals surface area contributed by atoms with E-state index in [4.69, 9.17) is 4.74 Å². The average Bonchev–Trinajstić information content (AvgIpc) is 2.65. The maximum Gasteiger partial charge on any atom is 0.367 e. The zero-order chi connectivity index (χ0) is 17.2. The van der Waals surface area contributed by atoms with E-state index in [1.165, 1.54) is 0 Å². The molecule has 2 atom stereocenters. The van der Waals surface area contributed by atoms with E-state index in [2.05, 4.69) is 4.74 Å². The number of carbonyl (C=O) groups excluding carboxylic acids is 2. The number of carbonyl (C=O) groups is 2. The van der Waals surface area contributed by atoms with E-state index in [0.717, 1.165) is 0 Å². The van der Waals surface area contributed by atoms with Crippen LogP contribution in [0.5, 0.6) is 0 Å². The minimum Gasteiger partial charge on any atom is -0.743 e. The van der Waals surface area contributed by atoms with Crippen molar-refractivity contribution < 1.29 is 40.8 Å². The second-order valence-corrected chi connectivity index (χ2v) is 7.85. The van der Waals surface area contributed by atoms with E-state index < -0.39 is 50.3 Å². The Morgan fingerprint density at radius 1 is 1.36 bits per heavy atom. The van der Waals surface area contributed by atoms with Crippen LogP contribution in [0.1, 0.15) is 33.6 Å². The zero-order valence-corrected chi connectivity index (χ0v) is 13.0. The highest BCUT2D eigenvalue weighted by Gasteiger charge is 2.76. The Morgan fingerprint density at radius 3 is 2.27 bits per heavy atom. The Bertz CT molecular complexity index is 642. The van der Waals surface area contributed by atoms with E-state index in [1.54, 1.807) is 20.8 Å². The van der Waals surface area contributed by atoms with Crippen LogP contribution in [-0.2, 0) is 29.2 Å². The number of fused-ring (bicyclic) bond motifs is 2. The summed E-state index contributed by atoms with van der Waals surface area (Å²) in [5.41, 5.74) is -3.72. The Hall–Kier alpha value is -1.29. The van der Waals surface area contributed by atoms with Gasteiger partial charge in [-0.15, -0.1) is 0 Å². The highest BCUT2D eigenvalue weighted by molar-refractivity contribution is 7.86. The smallest absolute Gasteiger partial charge is 0.367 e. The molecule has 1 aliphatic carbocycles. The van der Waals surface area contributed by atoms with Gasteiger partial charge in [0, 0.05) is 5.41 Å². The van der Waals surface area contributed by atoms with Crippen molar-refractivity contribution in [3.63, 3.8) is 0 Å². The molecule has 2 rings (SSSR count). The molecule has 10 heteroatoms. The minimum absolute atomic E-state index is 0.0801. The molecule has 0 N–H and O–H groups in total. The lowest BCUT2D eigenvalue weighted by molar-refractivity contribution is -0.186. The van der Waals surface area contributed by atoms with Gasteiger partial charge in [0.25, 0.3) is 0 Å². The molecule has 0 aromatic rings. The highest BCUT2D eigenvalue weighted by atomic mass is 32.2. The first kappa shape index (κ1) is 17.1. The van der Waals surface area contributed by atoms with Gasteiger partial charge < -0.3 is 14.0 Å². The molecule has 1 saturated heterocycles. The van der Waals surface area contributed by atoms with Crippen LogP contribution in [0.2, 0.25) is 0 Å². The lowest BCUT2D eigenvalue weighted by Gasteiger charge is -2.34. The molecule has 1 saturated carbocycles. The second-order valence-electron chi connectivity index (χ2n) is 6.34. The van der Waals surface area contributed by atoms with E-state index in [1.807, 2.05) is 0 Å². The zero-order valence-electron chi connectivity index (χ0n) is 12.1. The number of rotatable bonds is 4. The van der Waals surface area contributed by atoms with Crippen molar-refractivity contribution >= 4 is 22.1 Å². The summed E-state index contributed by atoms with van der Waals surface area (Å²) in [7, 11) is -5.96. The minimum atomic E-state index is -5.96. The maximum atomic E-state index is 13.1. The van der Waals surface area contributed by atoms with Crippen LogP contribution < -0.4 is 0 Å². The molecule has 0 aromatic carbocycles. The van der Waals surface area contributed by atoms with Gasteiger partial charge in [0.15, 0.2) is 16.7 Å². The summed E-state index contributed by atoms with van der Waals surface area (Å²) in [6.45, 7) is 2.85. The summed E-state index contributed by atoms with van der Waals surface area (Å²) in [6.07, 6.45) is 0.390. The molecule has 2 aliphatic rings. The van der Waals surface area contributed by atoms with Gasteiger partial charge >= 0.3 is 17.2 Å². The molecule has 0 aromatic heterocycles. The first-order valence-corrected chi connectivity index (χ1v) is 7.86. The summed E-state index contributed by atoms with van der Waals surface area (Å²) in [5.74, 6) is -1.90. The molecule has 126 valence electrons. The molecule has 1 heterocycles. The van der Waals surface area contributed by atoms with Gasteiger partial charge in [-0.2, -0.15) is 8.78 Å². The van der Waals surface area contributed by atoms with Crippen LogP contribution in [0.15, 0.2) is 0 Å². The molecule has 2 bridgehead atoms. The molecule has 0 radical (unpaired) electrons. The Labute approximate surface area is 125 Å². The predicted molar refractivity (Wildman–Crippen MR) is 65.5 cm³/mol. The quantitative estimate of drug-likeness (QED) is 0.549. The van der Waals surface area contributed by atoms with E-state index >= 15 is 0 Å². The van der Waals surface area contributed by atoms with Gasteiger partial charge in [0.1, 0.15) is 0 Å². The standard InChI is InChI=1S/C12H16F2O7S/c1-9(2)10(3)4-5-11(9,21-7(10)15)8(16)20-6-12(13,14)22(17,18)19/h4-6H2,1-3H3,(H,17,18,19)/p-1. The Kier molecular flexibility index (Phi) is 3.40. The van der Waals surface area contributed by atoms with Crippen LogP contribution >= 0.6 is 0 Å². The van der Waals surface area contributed by atoms with Crippen LogP contribution in [0, 0.1) is 10.8 Å². The third kappa shape index (κ3) is 1.89. The van der Waals surface area contributed by atoms with Gasteiger partial charge in [0.2, 0.25) is 5.60 Å². The third-order valence-electron chi connectivity index (χ3n) is 5.15. The topological polar surface area (TPSA) is 110 Å². The highest BCUT2D eigenvalue weighted by Crippen LogP contribution is 2.65. The van der Waals surface area contributed by atoms with Crippen molar-refractivity contribution in [1.82, 2.24) is 0 Å². The molecule has 7 nitrogen and oxygen atoms in total. The first-order chi connectivity index (χ1) is 9.71. The fourth-order valence-electron chi connectivity index (χ4n) is 3.04. The first-order valence-electron chi connectivity index (χ1n) is 6.45. The molecule has 2 fully saturated rings. The van der Waals surface area contributed by atoms with Gasteiger partial charge in [0.05, 0.1) is 5.41 Å². The molecule has 2 unspecified atom stereocenters. The summed E-state index contributed by atoms with van der Waals surface area (Å²) in [4.78, 5) is 24.1. The lowest BCUT2D eigenvalue weighted by atomic mass is 9.66.